The molecular formula is C22H22F3N5O5S. The van der Waals surface area contributed by atoms with Crippen LogP contribution in [-0.4, -0.2) is 74.1 Å². The van der Waals surface area contributed by atoms with Gasteiger partial charge in [0.05, 0.1) is 31.8 Å². The van der Waals surface area contributed by atoms with Gasteiger partial charge in [0.1, 0.15) is 5.52 Å². The van der Waals surface area contributed by atoms with Crippen LogP contribution in [0, 0.1) is 0 Å². The van der Waals surface area contributed by atoms with E-state index >= 15 is 0 Å². The maximum Gasteiger partial charge on any atom is 0.416 e. The molecule has 1 fully saturated rings. The molecule has 1 amide bonds. The number of hydrogen-bond acceptors (Lipinski definition) is 7. The Bertz CT molecular complexity index is 1390. The SMILES string of the molecule is COCCn1c(=O)c(C(=O)N2CCN([S+](=O)([O-])c3cccc(C(F)(F)F)c3)CC2)nc2cccnc21. The zero-order valence-corrected chi connectivity index (χ0v) is 19.9. The maximum absolute atomic E-state index is 13.2. The van der Waals surface area contributed by atoms with Crippen molar-refractivity contribution in [1.29, 1.82) is 0 Å². The summed E-state index contributed by atoms with van der Waals surface area (Å²) in [7, 11) is -2.75. The van der Waals surface area contributed by atoms with Gasteiger partial charge in [0.25, 0.3) is 11.5 Å². The highest BCUT2D eigenvalue weighted by molar-refractivity contribution is 7.95. The van der Waals surface area contributed by atoms with Gasteiger partial charge in [0, 0.05) is 32.5 Å². The summed E-state index contributed by atoms with van der Waals surface area (Å²) in [6, 6.07) is 6.74. The number of halogens is 3. The van der Waals surface area contributed by atoms with Gasteiger partial charge in [-0.15, -0.1) is 4.31 Å². The first-order valence-electron chi connectivity index (χ1n) is 10.8. The normalized spacial score (nSPS) is 16.8. The van der Waals surface area contributed by atoms with Gasteiger partial charge in [-0.3, -0.25) is 14.2 Å². The molecule has 4 rings (SSSR count). The summed E-state index contributed by atoms with van der Waals surface area (Å²) in [4.78, 5) is 35.4. The zero-order chi connectivity index (χ0) is 26.1. The number of carbonyl (C=O) groups excluding carboxylic acids is 1. The van der Waals surface area contributed by atoms with Crippen molar-refractivity contribution in [3.8, 4) is 0 Å². The standard InChI is InChI=1S/C22H22F3N5O5S/c1-35-13-12-30-19-17(6-3-7-26-19)27-18(21(30)32)20(31)28-8-10-29(11-9-28)36(33,34)16-5-2-4-15(14-16)22(23,24)25/h2-7,14H,8-13H2,1H3. The zero-order valence-electron chi connectivity index (χ0n) is 19.1. The van der Waals surface area contributed by atoms with E-state index in [1.807, 2.05) is 0 Å². The van der Waals surface area contributed by atoms with Crippen LogP contribution in [0.2, 0.25) is 0 Å². The molecule has 1 unspecified atom stereocenters. The first-order chi connectivity index (χ1) is 17.0. The number of pyridine rings is 1. The Balaban J connectivity index is 1.55. The number of methoxy groups -OCH3 is 1. The lowest BCUT2D eigenvalue weighted by Crippen LogP contribution is -2.53. The fourth-order valence-corrected chi connectivity index (χ4v) is 5.34. The highest BCUT2D eigenvalue weighted by Gasteiger charge is 2.38. The number of nitrogens with zero attached hydrogens (tertiary/aromatic N) is 5. The number of benzene rings is 1. The van der Waals surface area contributed by atoms with Crippen LogP contribution in [0.1, 0.15) is 16.1 Å². The van der Waals surface area contributed by atoms with Gasteiger partial charge in [0.2, 0.25) is 0 Å². The summed E-state index contributed by atoms with van der Waals surface area (Å²) in [6.45, 7) is -0.0960. The lowest BCUT2D eigenvalue weighted by Gasteiger charge is -2.35. The first kappa shape index (κ1) is 25.9. The van der Waals surface area contributed by atoms with Crippen molar-refractivity contribution in [2.45, 2.75) is 17.6 Å². The maximum atomic E-state index is 13.2. The second kappa shape index (κ2) is 10.0. The molecule has 10 nitrogen and oxygen atoms in total. The van der Waals surface area contributed by atoms with E-state index in [4.69, 9.17) is 4.74 Å². The second-order valence-corrected chi connectivity index (χ2v) is 9.92. The number of hydrogen-bond donors (Lipinski definition) is 0. The molecule has 36 heavy (non-hydrogen) atoms. The summed E-state index contributed by atoms with van der Waals surface area (Å²) in [5.41, 5.74) is -1.42. The molecule has 1 aromatic carbocycles. The second-order valence-electron chi connectivity index (χ2n) is 7.98. The predicted molar refractivity (Wildman–Crippen MR) is 122 cm³/mol. The van der Waals surface area contributed by atoms with Crippen molar-refractivity contribution in [1.82, 2.24) is 23.7 Å². The molecule has 0 spiro atoms. The number of piperazine rings is 1. The average molecular weight is 526 g/mol. The number of amides is 1. The minimum atomic E-state index is -4.69. The summed E-state index contributed by atoms with van der Waals surface area (Å²) in [5.74, 6) is -0.673. The Hall–Kier alpha value is -3.20. The summed E-state index contributed by atoms with van der Waals surface area (Å²) >= 11 is 0. The van der Waals surface area contributed by atoms with Gasteiger partial charge in [-0.05, 0) is 24.3 Å². The molecule has 1 aliphatic heterocycles. The van der Waals surface area contributed by atoms with Crippen LogP contribution in [-0.2, 0) is 32.1 Å². The number of fused-ring (bicyclic) bond motifs is 1. The molecule has 0 aliphatic carbocycles. The van der Waals surface area contributed by atoms with E-state index in [9.17, 15) is 31.5 Å². The monoisotopic (exact) mass is 525 g/mol. The Morgan fingerprint density at radius 2 is 1.89 bits per heavy atom. The third kappa shape index (κ3) is 5.02. The minimum absolute atomic E-state index is 0.0682. The third-order valence-corrected chi connectivity index (χ3v) is 7.64. The molecule has 0 bridgehead atoms. The van der Waals surface area contributed by atoms with E-state index < -0.39 is 38.5 Å². The molecule has 3 aromatic rings. The van der Waals surface area contributed by atoms with Crippen molar-refractivity contribution >= 4 is 27.5 Å². The molecule has 1 saturated heterocycles. The van der Waals surface area contributed by atoms with E-state index in [2.05, 4.69) is 9.97 Å². The Morgan fingerprint density at radius 3 is 2.56 bits per heavy atom. The fourth-order valence-electron chi connectivity index (χ4n) is 3.87. The van der Waals surface area contributed by atoms with Gasteiger partial charge in [-0.1, -0.05) is 10.3 Å². The third-order valence-electron chi connectivity index (χ3n) is 5.75. The van der Waals surface area contributed by atoms with E-state index in [-0.39, 0.29) is 45.0 Å². The highest BCUT2D eigenvalue weighted by Crippen LogP contribution is 2.32. The van der Waals surface area contributed by atoms with Crippen LogP contribution in [0.3, 0.4) is 0 Å². The highest BCUT2D eigenvalue weighted by atomic mass is 32.3. The number of sulfonamides is 1. The molecule has 2 aromatic heterocycles. The van der Waals surface area contributed by atoms with Crippen molar-refractivity contribution in [3.63, 3.8) is 0 Å². The number of carbonyl (C=O) groups is 1. The van der Waals surface area contributed by atoms with Crippen molar-refractivity contribution in [2.24, 2.45) is 0 Å². The minimum Gasteiger partial charge on any atom is -0.593 e. The fraction of sp³-hybridized carbons (Fsp3) is 0.364. The Morgan fingerprint density at radius 1 is 1.17 bits per heavy atom. The van der Waals surface area contributed by atoms with Gasteiger partial charge in [0.15, 0.2) is 26.6 Å². The lowest BCUT2D eigenvalue weighted by molar-refractivity contribution is -0.137. The molecule has 192 valence electrons. The van der Waals surface area contributed by atoms with Crippen molar-refractivity contribution in [3.05, 3.63) is 64.2 Å². The molecule has 3 heterocycles. The van der Waals surface area contributed by atoms with Crippen LogP contribution >= 0.6 is 0 Å². The molecule has 0 N–H and O–H groups in total. The molecule has 1 aliphatic rings. The topological polar surface area (TPSA) is 121 Å². The largest absolute Gasteiger partial charge is 0.593 e. The summed E-state index contributed by atoms with van der Waals surface area (Å²) < 4.78 is 72.3. The predicted octanol–water partition coefficient (Wildman–Crippen LogP) is 1.82. The molecular weight excluding hydrogens is 503 g/mol. The number of rotatable bonds is 6. The smallest absolute Gasteiger partial charge is 0.416 e. The Labute approximate surface area is 204 Å². The van der Waals surface area contributed by atoms with Gasteiger partial charge >= 0.3 is 6.18 Å². The number of alkyl halides is 3. The van der Waals surface area contributed by atoms with Gasteiger partial charge in [-0.2, -0.15) is 13.2 Å². The van der Waals surface area contributed by atoms with E-state index in [0.717, 1.165) is 22.5 Å². The quantitative estimate of drug-likeness (QED) is 0.450. The van der Waals surface area contributed by atoms with Gasteiger partial charge in [-0.25, -0.2) is 9.97 Å². The van der Waals surface area contributed by atoms with Crippen LogP contribution in [0.5, 0.6) is 0 Å². The van der Waals surface area contributed by atoms with E-state index in [0.29, 0.717) is 17.2 Å². The average Bonchev–Trinajstić information content (AvgIpc) is 2.87. The van der Waals surface area contributed by atoms with Gasteiger partial charge < -0.3 is 14.2 Å². The van der Waals surface area contributed by atoms with Crippen LogP contribution in [0.25, 0.3) is 11.2 Å². The van der Waals surface area contributed by atoms with E-state index in [1.54, 1.807) is 12.1 Å². The summed E-state index contributed by atoms with van der Waals surface area (Å²) in [5, 5.41) is 0. The number of aromatic nitrogens is 3. The molecule has 0 radical (unpaired) electrons. The number of ether oxygens (including phenoxy) is 1. The van der Waals surface area contributed by atoms with Crippen molar-refractivity contribution in [2.75, 3.05) is 39.9 Å². The Kier molecular flexibility index (Phi) is 7.22. The molecule has 1 atom stereocenters. The molecule has 0 saturated carbocycles. The van der Waals surface area contributed by atoms with Crippen LogP contribution < -0.4 is 5.56 Å². The van der Waals surface area contributed by atoms with Crippen molar-refractivity contribution < 1.29 is 31.5 Å². The van der Waals surface area contributed by atoms with Crippen LogP contribution in [0.15, 0.2) is 52.3 Å². The molecule has 14 heteroatoms. The van der Waals surface area contributed by atoms with E-state index in [1.165, 1.54) is 22.8 Å². The lowest BCUT2D eigenvalue weighted by atomic mass is 10.2. The summed E-state index contributed by atoms with van der Waals surface area (Å²) in [6.07, 6.45) is -3.19. The first-order valence-corrected chi connectivity index (χ1v) is 12.3. The van der Waals surface area contributed by atoms with Crippen LogP contribution in [0.4, 0.5) is 13.2 Å².